The standard InChI is InChI=1S/C24H18ClNO2/c25-20-13-16-23-19(17-20)12-15-21(14-11-18-7-3-1-4-8-18)26(23)24(27)28-22-9-5-2-6-10-22/h1-17,21H/b14-11+/t21-/m1/s1. The van der Waals surface area contributed by atoms with Gasteiger partial charge in [-0.15, -0.1) is 0 Å². The summed E-state index contributed by atoms with van der Waals surface area (Å²) in [6.07, 6.45) is 7.48. The van der Waals surface area contributed by atoms with Crippen molar-refractivity contribution >= 4 is 35.5 Å². The third-order valence-electron chi connectivity index (χ3n) is 4.45. The zero-order valence-corrected chi connectivity index (χ0v) is 15.8. The minimum atomic E-state index is -0.443. The summed E-state index contributed by atoms with van der Waals surface area (Å²) in [5.74, 6) is 0.503. The maximum atomic E-state index is 13.0. The summed E-state index contributed by atoms with van der Waals surface area (Å²) in [6.45, 7) is 0. The van der Waals surface area contributed by atoms with Gasteiger partial charge in [-0.05, 0) is 41.5 Å². The lowest BCUT2D eigenvalue weighted by Gasteiger charge is -2.31. The predicted octanol–water partition coefficient (Wildman–Crippen LogP) is 6.45. The Labute approximate surface area is 169 Å². The van der Waals surface area contributed by atoms with Crippen molar-refractivity contribution in [1.29, 1.82) is 0 Å². The minimum Gasteiger partial charge on any atom is -0.410 e. The Morgan fingerprint density at radius 3 is 2.43 bits per heavy atom. The topological polar surface area (TPSA) is 29.5 Å². The Bertz CT molecular complexity index is 1030. The molecule has 0 saturated heterocycles. The van der Waals surface area contributed by atoms with E-state index in [1.807, 2.05) is 85.0 Å². The summed E-state index contributed by atoms with van der Waals surface area (Å²) < 4.78 is 5.61. The molecule has 0 fully saturated rings. The van der Waals surface area contributed by atoms with Gasteiger partial charge in [-0.2, -0.15) is 0 Å². The Morgan fingerprint density at radius 1 is 0.964 bits per heavy atom. The fraction of sp³-hybridized carbons (Fsp3) is 0.0417. The van der Waals surface area contributed by atoms with Crippen molar-refractivity contribution in [3.63, 3.8) is 0 Å². The molecule has 0 unspecified atom stereocenters. The summed E-state index contributed by atoms with van der Waals surface area (Å²) in [4.78, 5) is 14.7. The highest BCUT2D eigenvalue weighted by molar-refractivity contribution is 6.30. The Morgan fingerprint density at radius 2 is 1.68 bits per heavy atom. The molecule has 1 aliphatic heterocycles. The molecule has 1 aliphatic rings. The van der Waals surface area contributed by atoms with Crippen molar-refractivity contribution in [3.8, 4) is 5.75 Å². The number of rotatable bonds is 3. The fourth-order valence-corrected chi connectivity index (χ4v) is 3.29. The molecule has 1 amide bonds. The molecule has 0 aromatic heterocycles. The number of carbonyl (C=O) groups excluding carboxylic acids is 1. The van der Waals surface area contributed by atoms with Gasteiger partial charge in [0.25, 0.3) is 0 Å². The third-order valence-corrected chi connectivity index (χ3v) is 4.69. The molecule has 3 nitrogen and oxygen atoms in total. The molecule has 28 heavy (non-hydrogen) atoms. The highest BCUT2D eigenvalue weighted by atomic mass is 35.5. The maximum Gasteiger partial charge on any atom is 0.420 e. The van der Waals surface area contributed by atoms with Gasteiger partial charge in [0, 0.05) is 5.02 Å². The van der Waals surface area contributed by atoms with E-state index in [1.54, 1.807) is 23.1 Å². The molecular formula is C24H18ClNO2. The molecule has 0 N–H and O–H groups in total. The summed E-state index contributed by atoms with van der Waals surface area (Å²) in [7, 11) is 0. The fourth-order valence-electron chi connectivity index (χ4n) is 3.11. The molecule has 4 rings (SSSR count). The number of hydrogen-bond donors (Lipinski definition) is 0. The smallest absolute Gasteiger partial charge is 0.410 e. The van der Waals surface area contributed by atoms with Gasteiger partial charge in [-0.25, -0.2) is 4.79 Å². The second-order valence-corrected chi connectivity index (χ2v) is 6.81. The van der Waals surface area contributed by atoms with Crippen molar-refractivity contribution in [2.24, 2.45) is 0 Å². The Kier molecular flexibility index (Phi) is 5.27. The number of nitrogens with zero attached hydrogens (tertiary/aromatic N) is 1. The predicted molar refractivity (Wildman–Crippen MR) is 115 cm³/mol. The van der Waals surface area contributed by atoms with Crippen molar-refractivity contribution in [3.05, 3.63) is 107 Å². The minimum absolute atomic E-state index is 0.273. The second kappa shape index (κ2) is 8.15. The summed E-state index contributed by atoms with van der Waals surface area (Å²) in [5, 5.41) is 0.623. The zero-order chi connectivity index (χ0) is 19.3. The van der Waals surface area contributed by atoms with E-state index in [-0.39, 0.29) is 6.04 Å². The lowest BCUT2D eigenvalue weighted by Crippen LogP contribution is -2.42. The van der Waals surface area contributed by atoms with E-state index in [1.165, 1.54) is 0 Å². The van der Waals surface area contributed by atoms with Crippen LogP contribution < -0.4 is 9.64 Å². The van der Waals surface area contributed by atoms with Gasteiger partial charge in [0.05, 0.1) is 11.7 Å². The average molecular weight is 388 g/mol. The summed E-state index contributed by atoms with van der Waals surface area (Å²) in [5.41, 5.74) is 2.70. The van der Waals surface area contributed by atoms with Gasteiger partial charge in [-0.1, -0.05) is 84.4 Å². The first-order chi connectivity index (χ1) is 13.7. The van der Waals surface area contributed by atoms with E-state index >= 15 is 0 Å². The zero-order valence-electron chi connectivity index (χ0n) is 15.0. The molecule has 1 atom stereocenters. The van der Waals surface area contributed by atoms with Gasteiger partial charge in [0.15, 0.2) is 0 Å². The first-order valence-electron chi connectivity index (χ1n) is 8.98. The van der Waals surface area contributed by atoms with Crippen molar-refractivity contribution < 1.29 is 9.53 Å². The van der Waals surface area contributed by atoms with Crippen molar-refractivity contribution in [1.82, 2.24) is 0 Å². The van der Waals surface area contributed by atoms with Crippen LogP contribution in [0.15, 0.2) is 91.0 Å². The normalized spacial score (nSPS) is 15.5. The molecule has 1 heterocycles. The summed E-state index contributed by atoms with van der Waals surface area (Å²) in [6, 6.07) is 24.2. The number of fused-ring (bicyclic) bond motifs is 1. The van der Waals surface area contributed by atoms with E-state index in [9.17, 15) is 4.79 Å². The monoisotopic (exact) mass is 387 g/mol. The molecule has 3 aromatic rings. The maximum absolute atomic E-state index is 13.0. The SMILES string of the molecule is O=C(Oc1ccccc1)N1c2ccc(Cl)cc2C=C[C@H]1/C=C/c1ccccc1. The van der Waals surface area contributed by atoms with Crippen molar-refractivity contribution in [2.45, 2.75) is 6.04 Å². The van der Waals surface area contributed by atoms with E-state index in [0.717, 1.165) is 16.8 Å². The second-order valence-electron chi connectivity index (χ2n) is 6.37. The molecular weight excluding hydrogens is 370 g/mol. The number of halogens is 1. The number of anilines is 1. The lowest BCUT2D eigenvalue weighted by atomic mass is 10.0. The van der Waals surface area contributed by atoms with Crippen LogP contribution in [-0.2, 0) is 0 Å². The number of hydrogen-bond acceptors (Lipinski definition) is 2. The van der Waals surface area contributed by atoms with E-state index in [4.69, 9.17) is 16.3 Å². The van der Waals surface area contributed by atoms with E-state index in [2.05, 4.69) is 0 Å². The third kappa shape index (κ3) is 4.00. The molecule has 0 radical (unpaired) electrons. The first-order valence-corrected chi connectivity index (χ1v) is 9.35. The molecule has 3 aromatic carbocycles. The molecule has 4 heteroatoms. The summed E-state index contributed by atoms with van der Waals surface area (Å²) >= 11 is 6.13. The molecule has 0 spiro atoms. The van der Waals surface area contributed by atoms with Gasteiger partial charge in [0.2, 0.25) is 0 Å². The van der Waals surface area contributed by atoms with E-state index < -0.39 is 6.09 Å². The molecule has 138 valence electrons. The van der Waals surface area contributed by atoms with Crippen LogP contribution in [0.25, 0.3) is 12.2 Å². The average Bonchev–Trinajstić information content (AvgIpc) is 2.73. The lowest BCUT2D eigenvalue weighted by molar-refractivity contribution is 0.207. The van der Waals surface area contributed by atoms with Crippen LogP contribution in [0.4, 0.5) is 10.5 Å². The van der Waals surface area contributed by atoms with Crippen LogP contribution in [-0.4, -0.2) is 12.1 Å². The quantitative estimate of drug-likeness (QED) is 0.516. The Balaban J connectivity index is 1.67. The van der Waals surface area contributed by atoms with Crippen molar-refractivity contribution in [2.75, 3.05) is 4.90 Å². The van der Waals surface area contributed by atoms with Gasteiger partial charge in [-0.3, -0.25) is 4.90 Å². The van der Waals surface area contributed by atoms with Gasteiger partial charge >= 0.3 is 6.09 Å². The van der Waals surface area contributed by atoms with Crippen LogP contribution in [0, 0.1) is 0 Å². The molecule has 0 aliphatic carbocycles. The Hall–Kier alpha value is -3.30. The number of amides is 1. The highest BCUT2D eigenvalue weighted by Crippen LogP contribution is 2.32. The van der Waals surface area contributed by atoms with Gasteiger partial charge in [0.1, 0.15) is 5.75 Å². The number of ether oxygens (including phenoxy) is 1. The van der Waals surface area contributed by atoms with Gasteiger partial charge < -0.3 is 4.74 Å². The van der Waals surface area contributed by atoms with Crippen LogP contribution in [0.3, 0.4) is 0 Å². The number of carbonyl (C=O) groups is 1. The van der Waals surface area contributed by atoms with Crippen LogP contribution >= 0.6 is 11.6 Å². The van der Waals surface area contributed by atoms with Crippen LogP contribution in [0.5, 0.6) is 5.75 Å². The first kappa shape index (κ1) is 18.1. The highest BCUT2D eigenvalue weighted by Gasteiger charge is 2.28. The van der Waals surface area contributed by atoms with Crippen LogP contribution in [0.1, 0.15) is 11.1 Å². The molecule has 0 saturated carbocycles. The molecule has 0 bridgehead atoms. The van der Waals surface area contributed by atoms with E-state index in [0.29, 0.717) is 10.8 Å². The number of para-hydroxylation sites is 1. The largest absolute Gasteiger partial charge is 0.420 e. The van der Waals surface area contributed by atoms with Crippen LogP contribution in [0.2, 0.25) is 5.02 Å². The number of benzene rings is 3.